The molecular weight excluding hydrogens is 216 g/mol. The molecule has 18 heavy (non-hydrogen) atoms. The van der Waals surface area contributed by atoms with Crippen LogP contribution in [0.5, 0.6) is 0 Å². The van der Waals surface area contributed by atoms with Crippen molar-refractivity contribution >= 4 is 0 Å². The minimum Gasteiger partial charge on any atom is -0.0651 e. The van der Waals surface area contributed by atoms with Crippen molar-refractivity contribution in [1.82, 2.24) is 0 Å². The van der Waals surface area contributed by atoms with Gasteiger partial charge < -0.3 is 0 Å². The average Bonchev–Trinajstić information content (AvgIpc) is 2.40. The molecule has 0 aliphatic carbocycles. The molecular formula is C18H32. The maximum Gasteiger partial charge on any atom is -0.0329 e. The van der Waals surface area contributed by atoms with Gasteiger partial charge in [0.2, 0.25) is 0 Å². The molecule has 0 bridgehead atoms. The predicted molar refractivity (Wildman–Crippen MR) is 83.9 cm³/mol. The molecule has 0 spiro atoms. The maximum atomic E-state index is 2.42. The highest BCUT2D eigenvalue weighted by atomic mass is 14.3. The van der Waals surface area contributed by atoms with E-state index in [2.05, 4.69) is 53.7 Å². The summed E-state index contributed by atoms with van der Waals surface area (Å²) in [6, 6.07) is 10.3. The van der Waals surface area contributed by atoms with Gasteiger partial charge in [-0.05, 0) is 24.7 Å². The van der Waals surface area contributed by atoms with Gasteiger partial charge in [-0.2, -0.15) is 0 Å². The van der Waals surface area contributed by atoms with Gasteiger partial charge >= 0.3 is 0 Å². The predicted octanol–water partition coefficient (Wildman–Crippen LogP) is 6.24. The molecule has 1 rings (SSSR count). The number of aryl methyl sites for hydroxylation is 1. The Bertz CT molecular complexity index is 282. The Kier molecular flexibility index (Phi) is 8.79. The monoisotopic (exact) mass is 248 g/mol. The molecule has 1 aromatic rings. The number of rotatable bonds is 5. The maximum absolute atomic E-state index is 2.42. The average molecular weight is 248 g/mol. The van der Waals surface area contributed by atoms with Crippen LogP contribution < -0.4 is 0 Å². The molecule has 0 radical (unpaired) electrons. The lowest BCUT2D eigenvalue weighted by molar-refractivity contribution is 0.225. The highest BCUT2D eigenvalue weighted by molar-refractivity contribution is 5.11. The van der Waals surface area contributed by atoms with Crippen LogP contribution in [0.25, 0.3) is 0 Å². The molecule has 1 atom stereocenters. The highest BCUT2D eigenvalue weighted by Crippen LogP contribution is 2.33. The van der Waals surface area contributed by atoms with Crippen molar-refractivity contribution in [3.05, 3.63) is 35.9 Å². The van der Waals surface area contributed by atoms with Gasteiger partial charge in [-0.15, -0.1) is 0 Å². The fraction of sp³-hybridized carbons (Fsp3) is 0.667. The van der Waals surface area contributed by atoms with Gasteiger partial charge in [-0.25, -0.2) is 0 Å². The van der Waals surface area contributed by atoms with Crippen LogP contribution in [0.3, 0.4) is 0 Å². The summed E-state index contributed by atoms with van der Waals surface area (Å²) in [5.41, 5.74) is 1.93. The normalized spacial score (nSPS) is 12.6. The first-order valence-electron chi connectivity index (χ1n) is 7.49. The topological polar surface area (TPSA) is 0 Å². The zero-order valence-corrected chi connectivity index (χ0v) is 13.3. The fourth-order valence-electron chi connectivity index (χ4n) is 2.06. The standard InChI is InChI=1S/C11H24.C7H8/c1-6-10(4)9-11(5,7-2)8-3;1-7-5-3-2-4-6-7/h10H,6-9H2,1-5H3;2-6H,1H3. The summed E-state index contributed by atoms with van der Waals surface area (Å²) in [7, 11) is 0. The second-order valence-electron chi connectivity index (χ2n) is 5.89. The molecule has 0 aromatic heterocycles. The molecule has 0 aliphatic heterocycles. The van der Waals surface area contributed by atoms with E-state index in [0.29, 0.717) is 5.41 Å². The summed E-state index contributed by atoms with van der Waals surface area (Å²) in [5, 5.41) is 0. The number of hydrogen-bond donors (Lipinski definition) is 0. The smallest absolute Gasteiger partial charge is 0.0329 e. The Balaban J connectivity index is 0.000000351. The zero-order valence-electron chi connectivity index (χ0n) is 13.3. The van der Waals surface area contributed by atoms with E-state index in [1.165, 1.54) is 31.2 Å². The van der Waals surface area contributed by atoms with E-state index < -0.39 is 0 Å². The molecule has 104 valence electrons. The molecule has 0 nitrogen and oxygen atoms in total. The first-order valence-corrected chi connectivity index (χ1v) is 7.49. The second kappa shape index (κ2) is 9.19. The second-order valence-corrected chi connectivity index (χ2v) is 5.89. The summed E-state index contributed by atoms with van der Waals surface area (Å²) >= 11 is 0. The Hall–Kier alpha value is -0.780. The van der Waals surface area contributed by atoms with Crippen molar-refractivity contribution < 1.29 is 0 Å². The van der Waals surface area contributed by atoms with E-state index in [0.717, 1.165) is 5.92 Å². The summed E-state index contributed by atoms with van der Waals surface area (Å²) in [4.78, 5) is 0. The quantitative estimate of drug-likeness (QED) is 0.578. The molecule has 0 amide bonds. The van der Waals surface area contributed by atoms with Crippen LogP contribution >= 0.6 is 0 Å². The van der Waals surface area contributed by atoms with Crippen LogP contribution in [-0.2, 0) is 0 Å². The first-order chi connectivity index (χ1) is 8.47. The molecule has 1 aromatic carbocycles. The van der Waals surface area contributed by atoms with Crippen molar-refractivity contribution in [2.24, 2.45) is 11.3 Å². The summed E-state index contributed by atoms with van der Waals surface area (Å²) in [5.74, 6) is 0.903. The lowest BCUT2D eigenvalue weighted by Crippen LogP contribution is -2.17. The van der Waals surface area contributed by atoms with E-state index >= 15 is 0 Å². The summed E-state index contributed by atoms with van der Waals surface area (Å²) in [6.45, 7) is 13.8. The van der Waals surface area contributed by atoms with Crippen LogP contribution in [0.1, 0.15) is 65.9 Å². The fourth-order valence-corrected chi connectivity index (χ4v) is 2.06. The van der Waals surface area contributed by atoms with Crippen molar-refractivity contribution in [3.8, 4) is 0 Å². The molecule has 1 unspecified atom stereocenters. The van der Waals surface area contributed by atoms with Crippen LogP contribution in [-0.4, -0.2) is 0 Å². The van der Waals surface area contributed by atoms with E-state index in [-0.39, 0.29) is 0 Å². The molecule has 0 aliphatic rings. The van der Waals surface area contributed by atoms with E-state index in [1.807, 2.05) is 18.2 Å². The van der Waals surface area contributed by atoms with E-state index in [4.69, 9.17) is 0 Å². The van der Waals surface area contributed by atoms with Crippen LogP contribution in [0.2, 0.25) is 0 Å². The lowest BCUT2D eigenvalue weighted by atomic mass is 9.77. The van der Waals surface area contributed by atoms with Gasteiger partial charge in [-0.3, -0.25) is 0 Å². The molecule has 0 saturated heterocycles. The molecule has 0 N–H and O–H groups in total. The third kappa shape index (κ3) is 7.53. The van der Waals surface area contributed by atoms with Gasteiger partial charge in [0.05, 0.1) is 0 Å². The van der Waals surface area contributed by atoms with Gasteiger partial charge in [0.15, 0.2) is 0 Å². The zero-order chi connectivity index (χ0) is 14.0. The summed E-state index contributed by atoms with van der Waals surface area (Å²) in [6.07, 6.45) is 5.38. The number of benzene rings is 1. The summed E-state index contributed by atoms with van der Waals surface area (Å²) < 4.78 is 0. The van der Waals surface area contributed by atoms with Crippen molar-refractivity contribution in [2.45, 2.75) is 67.2 Å². The minimum atomic E-state index is 0.607. The van der Waals surface area contributed by atoms with E-state index in [1.54, 1.807) is 0 Å². The third-order valence-corrected chi connectivity index (χ3v) is 4.19. The number of hydrogen-bond acceptors (Lipinski definition) is 0. The van der Waals surface area contributed by atoms with Crippen LogP contribution in [0, 0.1) is 18.3 Å². The van der Waals surface area contributed by atoms with Crippen LogP contribution in [0.4, 0.5) is 0 Å². The molecule has 0 heterocycles. The largest absolute Gasteiger partial charge is 0.0651 e. The van der Waals surface area contributed by atoms with Crippen molar-refractivity contribution in [2.75, 3.05) is 0 Å². The first kappa shape index (κ1) is 17.2. The Morgan fingerprint density at radius 1 is 1.00 bits per heavy atom. The molecule has 0 heteroatoms. The SMILES string of the molecule is CCC(C)CC(C)(CC)CC.Cc1ccccc1. The third-order valence-electron chi connectivity index (χ3n) is 4.19. The van der Waals surface area contributed by atoms with Crippen molar-refractivity contribution in [1.29, 1.82) is 0 Å². The van der Waals surface area contributed by atoms with Crippen molar-refractivity contribution in [3.63, 3.8) is 0 Å². The van der Waals surface area contributed by atoms with E-state index in [9.17, 15) is 0 Å². The minimum absolute atomic E-state index is 0.607. The van der Waals surface area contributed by atoms with Gasteiger partial charge in [0.1, 0.15) is 0 Å². The Morgan fingerprint density at radius 3 is 1.78 bits per heavy atom. The van der Waals surface area contributed by atoms with Gasteiger partial charge in [0, 0.05) is 0 Å². The highest BCUT2D eigenvalue weighted by Gasteiger charge is 2.21. The molecule has 0 saturated carbocycles. The van der Waals surface area contributed by atoms with Crippen LogP contribution in [0.15, 0.2) is 30.3 Å². The Labute approximate surface area is 115 Å². The van der Waals surface area contributed by atoms with Gasteiger partial charge in [-0.1, -0.05) is 89.8 Å². The van der Waals surface area contributed by atoms with Gasteiger partial charge in [0.25, 0.3) is 0 Å². The lowest BCUT2D eigenvalue weighted by Gasteiger charge is -2.29. The Morgan fingerprint density at radius 2 is 1.50 bits per heavy atom. The molecule has 0 fully saturated rings.